The van der Waals surface area contributed by atoms with Crippen molar-refractivity contribution >= 4 is 54.1 Å². The third-order valence-electron chi connectivity index (χ3n) is 8.08. The first kappa shape index (κ1) is 45.4. The number of thiol groups is 1. The lowest BCUT2D eigenvalue weighted by atomic mass is 9.97. The average molecular weight is 754 g/mol. The summed E-state index contributed by atoms with van der Waals surface area (Å²) in [4.78, 5) is 82.1. The fraction of sp³-hybridized carbons (Fsp3) is 0.594. The van der Waals surface area contributed by atoms with Crippen LogP contribution in [0.3, 0.4) is 0 Å². The first-order chi connectivity index (χ1) is 24.6. The van der Waals surface area contributed by atoms with Gasteiger partial charge in [0.25, 0.3) is 0 Å². The van der Waals surface area contributed by atoms with Crippen LogP contribution in [0.15, 0.2) is 29.3 Å². The van der Waals surface area contributed by atoms with Crippen molar-refractivity contribution in [3.8, 4) is 5.75 Å². The predicted molar refractivity (Wildman–Crippen MR) is 198 cm³/mol. The summed E-state index contributed by atoms with van der Waals surface area (Å²) in [6, 6.07) is -1.42. The molecule has 0 fully saturated rings. The summed E-state index contributed by atoms with van der Waals surface area (Å²) >= 11 is 4.20. The van der Waals surface area contributed by atoms with Gasteiger partial charge in [0.2, 0.25) is 29.5 Å². The minimum Gasteiger partial charge on any atom is -0.508 e. The third kappa shape index (κ3) is 16.1. The van der Waals surface area contributed by atoms with Crippen molar-refractivity contribution in [2.45, 2.75) is 88.6 Å². The molecule has 0 radical (unpaired) electrons. The molecule has 1 rings (SSSR count). The van der Waals surface area contributed by atoms with Crippen LogP contribution in [0.4, 0.5) is 0 Å². The Hall–Kier alpha value is -4.66. The van der Waals surface area contributed by atoms with Crippen LogP contribution in [0.1, 0.15) is 51.5 Å². The number of carboxylic acid groups (broad SMARTS) is 1. The Bertz CT molecular complexity index is 1360. The number of nitrogens with one attached hydrogen (secondary N) is 5. The molecule has 0 aliphatic rings. The van der Waals surface area contributed by atoms with Gasteiger partial charge in [-0.2, -0.15) is 12.6 Å². The van der Waals surface area contributed by atoms with Gasteiger partial charge in [0.05, 0.1) is 6.04 Å². The fourth-order valence-electron chi connectivity index (χ4n) is 4.82. The zero-order chi connectivity index (χ0) is 39.4. The number of phenolic OH excluding ortho intramolecular Hbond substituents is 1. The zero-order valence-corrected chi connectivity index (χ0v) is 30.4. The molecular formula is C32H55N11O8S. The number of benzene rings is 1. The molecule has 0 spiro atoms. The molecule has 52 heavy (non-hydrogen) atoms. The number of nitrogens with zero attached hydrogens (tertiary/aromatic N) is 1. The van der Waals surface area contributed by atoms with E-state index >= 15 is 0 Å². The van der Waals surface area contributed by atoms with E-state index in [-0.39, 0.29) is 75.1 Å². The minimum atomic E-state index is -1.39. The van der Waals surface area contributed by atoms with E-state index in [1.54, 1.807) is 6.92 Å². The highest BCUT2D eigenvalue weighted by Gasteiger charge is 2.33. The Labute approximate surface area is 308 Å². The number of amides is 5. The summed E-state index contributed by atoms with van der Waals surface area (Å²) < 4.78 is 0. The number of carbonyl (C=O) groups excluding carboxylic acids is 5. The molecule has 1 aromatic carbocycles. The summed E-state index contributed by atoms with van der Waals surface area (Å²) in [5.74, 6) is -5.75. The highest BCUT2D eigenvalue weighted by atomic mass is 32.1. The largest absolute Gasteiger partial charge is 0.508 e. The van der Waals surface area contributed by atoms with Gasteiger partial charge >= 0.3 is 5.97 Å². The number of nitrogens with two attached hydrogens (primary N) is 5. The van der Waals surface area contributed by atoms with Gasteiger partial charge in [-0.15, -0.1) is 0 Å². The number of aromatic hydroxyl groups is 1. The second-order valence-electron chi connectivity index (χ2n) is 12.2. The second kappa shape index (κ2) is 23.7. The Morgan fingerprint density at radius 1 is 0.769 bits per heavy atom. The summed E-state index contributed by atoms with van der Waals surface area (Å²) in [6.07, 6.45) is 0.698. The van der Waals surface area contributed by atoms with Gasteiger partial charge in [-0.1, -0.05) is 32.4 Å². The number of phenols is 1. The smallest absolute Gasteiger partial charge is 0.326 e. The van der Waals surface area contributed by atoms with Crippen LogP contribution in [0.2, 0.25) is 0 Å². The quantitative estimate of drug-likeness (QED) is 0.0211. The maximum absolute atomic E-state index is 13.5. The number of hydrogen-bond donors (Lipinski definition) is 13. The SMILES string of the molecule is CC[C@H](C)[C@H](NC(=O)[C@@H](N)CCN)C(=O)N[C@@H](CS)C(=O)N[C@@H](CCN)C(=O)N[C@@H](CCCN=C(N)N)C(=O)N[C@@H](Cc1ccc(O)cc1)C(=O)O. The Balaban J connectivity index is 3.16. The van der Waals surface area contributed by atoms with Crippen molar-refractivity contribution in [1.82, 2.24) is 26.6 Å². The number of guanidine groups is 1. The van der Waals surface area contributed by atoms with Crippen LogP contribution >= 0.6 is 12.6 Å². The number of carbonyl (C=O) groups is 6. The lowest BCUT2D eigenvalue weighted by molar-refractivity contribution is -0.142. The summed E-state index contributed by atoms with van der Waals surface area (Å²) in [6.45, 7) is 3.77. The monoisotopic (exact) mass is 753 g/mol. The molecule has 0 aliphatic carbocycles. The van der Waals surface area contributed by atoms with Crippen LogP contribution in [-0.2, 0) is 35.2 Å². The van der Waals surface area contributed by atoms with Crippen molar-refractivity contribution in [3.05, 3.63) is 29.8 Å². The highest BCUT2D eigenvalue weighted by molar-refractivity contribution is 7.80. The highest BCUT2D eigenvalue weighted by Crippen LogP contribution is 2.13. The fourth-order valence-corrected chi connectivity index (χ4v) is 5.08. The van der Waals surface area contributed by atoms with Crippen molar-refractivity contribution in [2.75, 3.05) is 25.4 Å². The molecule has 292 valence electrons. The van der Waals surface area contributed by atoms with E-state index in [1.807, 2.05) is 6.92 Å². The van der Waals surface area contributed by atoms with E-state index in [0.29, 0.717) is 12.0 Å². The topological polar surface area (TPSA) is 345 Å². The number of carboxylic acids is 1. The molecule has 0 bridgehead atoms. The lowest BCUT2D eigenvalue weighted by Crippen LogP contribution is -2.60. The zero-order valence-electron chi connectivity index (χ0n) is 29.5. The predicted octanol–water partition coefficient (Wildman–Crippen LogP) is -3.50. The van der Waals surface area contributed by atoms with Crippen LogP contribution in [0, 0.1) is 5.92 Å². The average Bonchev–Trinajstić information content (AvgIpc) is 3.10. The van der Waals surface area contributed by atoms with Crippen molar-refractivity contribution in [2.24, 2.45) is 39.6 Å². The van der Waals surface area contributed by atoms with Crippen LogP contribution < -0.4 is 55.3 Å². The Morgan fingerprint density at radius 3 is 1.79 bits per heavy atom. The molecule has 19 nitrogen and oxygen atoms in total. The maximum Gasteiger partial charge on any atom is 0.326 e. The van der Waals surface area contributed by atoms with Gasteiger partial charge in [-0.05, 0) is 62.4 Å². The molecule has 0 saturated heterocycles. The van der Waals surface area contributed by atoms with Crippen LogP contribution in [-0.4, -0.2) is 113 Å². The minimum absolute atomic E-state index is 0.0177. The molecule has 0 aliphatic heterocycles. The van der Waals surface area contributed by atoms with E-state index in [9.17, 15) is 39.0 Å². The molecule has 1 aromatic rings. The summed E-state index contributed by atoms with van der Waals surface area (Å²) in [5.41, 5.74) is 28.4. The maximum atomic E-state index is 13.5. The number of hydrogen-bond acceptors (Lipinski definition) is 12. The van der Waals surface area contributed by atoms with E-state index < -0.39 is 71.8 Å². The van der Waals surface area contributed by atoms with E-state index in [4.69, 9.17) is 28.7 Å². The number of aliphatic carboxylic acids is 1. The first-order valence-corrected chi connectivity index (χ1v) is 17.6. The lowest BCUT2D eigenvalue weighted by Gasteiger charge is -2.28. The second-order valence-corrected chi connectivity index (χ2v) is 12.6. The van der Waals surface area contributed by atoms with Crippen LogP contribution in [0.25, 0.3) is 0 Å². The molecule has 20 heteroatoms. The van der Waals surface area contributed by atoms with Crippen molar-refractivity contribution in [1.29, 1.82) is 0 Å². The Morgan fingerprint density at radius 2 is 1.29 bits per heavy atom. The van der Waals surface area contributed by atoms with Gasteiger partial charge in [-0.25, -0.2) is 4.79 Å². The van der Waals surface area contributed by atoms with Crippen molar-refractivity contribution in [3.63, 3.8) is 0 Å². The van der Waals surface area contributed by atoms with Crippen molar-refractivity contribution < 1.29 is 39.0 Å². The van der Waals surface area contributed by atoms with Crippen LogP contribution in [0.5, 0.6) is 5.75 Å². The van der Waals surface area contributed by atoms with Gasteiger partial charge in [0, 0.05) is 18.7 Å². The third-order valence-corrected chi connectivity index (χ3v) is 8.45. The molecule has 0 heterocycles. The van der Waals surface area contributed by atoms with E-state index in [1.165, 1.54) is 24.3 Å². The number of aliphatic imine (C=N–C) groups is 1. The standard InChI is InChI=1S/C32H55N11O8S/c1-3-17(2)25(43-26(45)20(35)10-12-33)30(49)42-24(16-52)29(48)40-22(11-13-34)28(47)39-21(5-4-14-38-32(36)37)27(46)41-23(31(50)51)15-18-6-8-19(44)9-7-18/h6-9,17,20-25,44,52H,3-5,10-16,33-35H2,1-2H3,(H,39,47)(H,40,48)(H,41,46)(H,42,49)(H,43,45)(H,50,51)(H4,36,37,38)/t17-,20-,21-,22-,23-,24-,25-/m0/s1. The van der Waals surface area contributed by atoms with E-state index in [0.717, 1.165) is 0 Å². The molecule has 17 N–H and O–H groups in total. The molecule has 7 atom stereocenters. The van der Waals surface area contributed by atoms with Gasteiger partial charge in [-0.3, -0.25) is 29.0 Å². The van der Waals surface area contributed by atoms with Gasteiger partial charge < -0.3 is 65.5 Å². The molecular weight excluding hydrogens is 698 g/mol. The molecule has 5 amide bonds. The molecule has 0 saturated carbocycles. The first-order valence-electron chi connectivity index (χ1n) is 16.9. The Kier molecular flexibility index (Phi) is 20.7. The number of rotatable bonds is 24. The van der Waals surface area contributed by atoms with Gasteiger partial charge in [0.15, 0.2) is 5.96 Å². The summed E-state index contributed by atoms with van der Waals surface area (Å²) in [5, 5.41) is 32.1. The normalized spacial score (nSPS) is 15.0. The van der Waals surface area contributed by atoms with E-state index in [2.05, 4.69) is 44.2 Å². The molecule has 0 aromatic heterocycles. The van der Waals surface area contributed by atoms with Gasteiger partial charge in [0.1, 0.15) is 36.0 Å². The summed E-state index contributed by atoms with van der Waals surface area (Å²) in [7, 11) is 0. The molecule has 0 unspecified atom stereocenters.